The van der Waals surface area contributed by atoms with Crippen molar-refractivity contribution in [2.75, 3.05) is 5.32 Å². The number of alkyl halides is 6. The van der Waals surface area contributed by atoms with Crippen molar-refractivity contribution in [2.45, 2.75) is 28.7 Å². The third-order valence-corrected chi connectivity index (χ3v) is 6.66. The molecule has 2 heterocycles. The molecular weight excluding hydrogens is 492 g/mol. The van der Waals surface area contributed by atoms with E-state index in [2.05, 4.69) is 15.6 Å². The van der Waals surface area contributed by atoms with Gasteiger partial charge in [-0.05, 0) is 24.3 Å². The predicted molar refractivity (Wildman–Crippen MR) is 108 cm³/mol. The van der Waals surface area contributed by atoms with Crippen LogP contribution in [-0.4, -0.2) is 16.8 Å². The molecule has 2 aromatic carbocycles. The molecule has 33 heavy (non-hydrogen) atoms. The van der Waals surface area contributed by atoms with E-state index < -0.39 is 46.8 Å². The average Bonchev–Trinajstić information content (AvgIpc) is 3.17. The van der Waals surface area contributed by atoms with Crippen LogP contribution in [0, 0.1) is 0 Å². The molecule has 1 aromatic heterocycles. The quantitative estimate of drug-likeness (QED) is 0.442. The molecule has 0 aliphatic carbocycles. The highest BCUT2D eigenvalue weighted by Crippen LogP contribution is 2.43. The Morgan fingerprint density at radius 2 is 1.76 bits per heavy atom. The molecule has 5 nitrogen and oxygen atoms in total. The van der Waals surface area contributed by atoms with Gasteiger partial charge >= 0.3 is 12.4 Å². The summed E-state index contributed by atoms with van der Waals surface area (Å²) < 4.78 is 79.2. The Kier molecular flexibility index (Phi) is 5.86. The van der Waals surface area contributed by atoms with Gasteiger partial charge in [0.2, 0.25) is 0 Å². The smallest absolute Gasteiger partial charge is 0.347 e. The number of rotatable bonds is 3. The van der Waals surface area contributed by atoms with Crippen LogP contribution in [-0.2, 0) is 18.9 Å². The van der Waals surface area contributed by atoms with Crippen LogP contribution in [0.15, 0.2) is 52.4 Å². The standard InChI is InChI=1S/C20H11F6N3O2S2/c21-19(22,23)12-6-15-13(29-17(31)10-3-1-2-4-14(10)33-15)5-11(12)16(30)27-7-9-8-28-18(32-9)20(24,25)26/h1-6,8H,7H2,(H,27,30)(H,29,31). The number of hydrogen-bond acceptors (Lipinski definition) is 5. The van der Waals surface area contributed by atoms with E-state index in [9.17, 15) is 35.9 Å². The first-order chi connectivity index (χ1) is 15.4. The third-order valence-electron chi connectivity index (χ3n) is 4.49. The van der Waals surface area contributed by atoms with Gasteiger partial charge in [0.25, 0.3) is 11.8 Å². The van der Waals surface area contributed by atoms with Crippen LogP contribution in [0.1, 0.15) is 36.2 Å². The van der Waals surface area contributed by atoms with E-state index in [0.29, 0.717) is 4.90 Å². The summed E-state index contributed by atoms with van der Waals surface area (Å²) in [7, 11) is 0. The molecule has 0 fully saturated rings. The van der Waals surface area contributed by atoms with Crippen molar-refractivity contribution >= 4 is 40.6 Å². The van der Waals surface area contributed by atoms with Gasteiger partial charge in [-0.1, -0.05) is 23.9 Å². The molecule has 2 N–H and O–H groups in total. The zero-order valence-corrected chi connectivity index (χ0v) is 17.7. The maximum absolute atomic E-state index is 13.7. The van der Waals surface area contributed by atoms with E-state index in [-0.39, 0.29) is 32.4 Å². The monoisotopic (exact) mass is 503 g/mol. The predicted octanol–water partition coefficient (Wildman–Crippen LogP) is 5.83. The van der Waals surface area contributed by atoms with Gasteiger partial charge in [0.05, 0.1) is 28.9 Å². The second-order valence-electron chi connectivity index (χ2n) is 6.76. The fourth-order valence-electron chi connectivity index (χ4n) is 3.02. The Balaban J connectivity index is 1.65. The molecule has 0 atom stereocenters. The minimum atomic E-state index is -4.90. The minimum Gasteiger partial charge on any atom is -0.347 e. The van der Waals surface area contributed by atoms with Crippen molar-refractivity contribution in [1.29, 1.82) is 0 Å². The Hall–Kier alpha value is -3.06. The van der Waals surface area contributed by atoms with Crippen LogP contribution in [0.5, 0.6) is 0 Å². The number of benzene rings is 2. The molecule has 172 valence electrons. The second kappa shape index (κ2) is 8.37. The fourth-order valence-corrected chi connectivity index (χ4v) is 4.79. The number of carbonyl (C=O) groups is 2. The average molecular weight is 503 g/mol. The lowest BCUT2D eigenvalue weighted by Crippen LogP contribution is -2.26. The second-order valence-corrected chi connectivity index (χ2v) is 8.96. The van der Waals surface area contributed by atoms with Gasteiger partial charge in [-0.3, -0.25) is 9.59 Å². The van der Waals surface area contributed by atoms with E-state index in [1.54, 1.807) is 18.2 Å². The Bertz CT molecular complexity index is 1250. The number of nitrogens with zero attached hydrogens (tertiary/aromatic N) is 1. The summed E-state index contributed by atoms with van der Waals surface area (Å²) in [6, 6.07) is 8.04. The molecule has 13 heteroatoms. The van der Waals surface area contributed by atoms with Crippen molar-refractivity contribution < 1.29 is 35.9 Å². The van der Waals surface area contributed by atoms with Gasteiger partial charge in [0, 0.05) is 20.9 Å². The molecule has 3 aromatic rings. The largest absolute Gasteiger partial charge is 0.443 e. The highest BCUT2D eigenvalue weighted by atomic mass is 32.2. The number of thiazole rings is 1. The molecule has 2 amide bonds. The number of fused-ring (bicyclic) bond motifs is 2. The molecule has 0 radical (unpaired) electrons. The SMILES string of the molecule is O=C1Nc2cc(C(=O)NCc3cnc(C(F)(F)F)s3)c(C(F)(F)F)cc2Sc2ccccc21. The molecule has 1 aliphatic rings. The van der Waals surface area contributed by atoms with Gasteiger partial charge in [-0.25, -0.2) is 4.98 Å². The van der Waals surface area contributed by atoms with Crippen molar-refractivity contribution in [3.05, 3.63) is 69.2 Å². The molecule has 0 saturated carbocycles. The lowest BCUT2D eigenvalue weighted by Gasteiger charge is -2.16. The van der Waals surface area contributed by atoms with Gasteiger partial charge in [-0.15, -0.1) is 11.3 Å². The molecule has 0 bridgehead atoms. The number of aromatic nitrogens is 1. The molecule has 0 saturated heterocycles. The van der Waals surface area contributed by atoms with Crippen molar-refractivity contribution in [3.8, 4) is 0 Å². The van der Waals surface area contributed by atoms with Gasteiger partial charge < -0.3 is 10.6 Å². The zero-order chi connectivity index (χ0) is 24.0. The molecule has 0 unspecified atom stereocenters. The summed E-state index contributed by atoms with van der Waals surface area (Å²) in [6.45, 7) is -0.451. The number of nitrogens with one attached hydrogen (secondary N) is 2. The van der Waals surface area contributed by atoms with Crippen LogP contribution in [0.25, 0.3) is 0 Å². The van der Waals surface area contributed by atoms with Crippen LogP contribution < -0.4 is 10.6 Å². The Morgan fingerprint density at radius 3 is 2.42 bits per heavy atom. The van der Waals surface area contributed by atoms with Gasteiger partial charge in [0.1, 0.15) is 0 Å². The lowest BCUT2D eigenvalue weighted by atomic mass is 10.0. The summed E-state index contributed by atoms with van der Waals surface area (Å²) >= 11 is 1.22. The van der Waals surface area contributed by atoms with Crippen LogP contribution in [0.2, 0.25) is 0 Å². The van der Waals surface area contributed by atoms with E-state index >= 15 is 0 Å². The number of amides is 2. The van der Waals surface area contributed by atoms with E-state index in [1.807, 2.05) is 0 Å². The number of anilines is 1. The zero-order valence-electron chi connectivity index (χ0n) is 16.1. The maximum Gasteiger partial charge on any atom is 0.443 e. The first-order valence-electron chi connectivity index (χ1n) is 9.07. The summed E-state index contributed by atoms with van der Waals surface area (Å²) in [4.78, 5) is 28.8. The van der Waals surface area contributed by atoms with Crippen molar-refractivity contribution in [1.82, 2.24) is 10.3 Å². The number of halogens is 6. The number of hydrogen-bond donors (Lipinski definition) is 2. The number of carbonyl (C=O) groups excluding carboxylic acids is 2. The van der Waals surface area contributed by atoms with Crippen LogP contribution in [0.4, 0.5) is 32.0 Å². The summed E-state index contributed by atoms with van der Waals surface area (Å²) in [5, 5.41) is 3.56. The van der Waals surface area contributed by atoms with Crippen LogP contribution in [0.3, 0.4) is 0 Å². The molecular formula is C20H11F6N3O2S2. The lowest BCUT2D eigenvalue weighted by molar-refractivity contribution is -0.138. The van der Waals surface area contributed by atoms with Crippen LogP contribution >= 0.6 is 23.1 Å². The van der Waals surface area contributed by atoms with E-state index in [1.165, 1.54) is 6.07 Å². The summed E-state index contributed by atoms with van der Waals surface area (Å²) in [5.41, 5.74) is -1.73. The first kappa shape index (κ1) is 23.1. The fraction of sp³-hybridized carbons (Fsp3) is 0.150. The van der Waals surface area contributed by atoms with Crippen molar-refractivity contribution in [2.24, 2.45) is 0 Å². The molecule has 0 spiro atoms. The first-order valence-corrected chi connectivity index (χ1v) is 10.7. The normalized spacial score (nSPS) is 13.6. The van der Waals surface area contributed by atoms with Gasteiger partial charge in [-0.2, -0.15) is 26.3 Å². The summed E-state index contributed by atoms with van der Waals surface area (Å²) in [5.74, 6) is -1.71. The maximum atomic E-state index is 13.7. The van der Waals surface area contributed by atoms with Crippen molar-refractivity contribution in [3.63, 3.8) is 0 Å². The molecule has 1 aliphatic heterocycles. The highest BCUT2D eigenvalue weighted by Gasteiger charge is 2.38. The minimum absolute atomic E-state index is 0.0106. The topological polar surface area (TPSA) is 71.1 Å². The Labute approximate surface area is 190 Å². The summed E-state index contributed by atoms with van der Waals surface area (Å²) in [6.07, 6.45) is -8.67. The third kappa shape index (κ3) is 4.83. The molecule has 4 rings (SSSR count). The highest BCUT2D eigenvalue weighted by molar-refractivity contribution is 7.99. The van der Waals surface area contributed by atoms with Gasteiger partial charge in [0.15, 0.2) is 5.01 Å². The van der Waals surface area contributed by atoms with E-state index in [0.717, 1.165) is 30.1 Å². The van der Waals surface area contributed by atoms with E-state index in [4.69, 9.17) is 0 Å². The Morgan fingerprint density at radius 1 is 1.03 bits per heavy atom.